The second-order valence-corrected chi connectivity index (χ2v) is 5.94. The van der Waals surface area contributed by atoms with Crippen molar-refractivity contribution in [2.24, 2.45) is 5.73 Å². The van der Waals surface area contributed by atoms with Crippen LogP contribution in [0.1, 0.15) is 23.6 Å². The minimum absolute atomic E-state index is 0.0797. The molecule has 0 saturated carbocycles. The van der Waals surface area contributed by atoms with Gasteiger partial charge in [0.1, 0.15) is 5.75 Å². The first-order valence-corrected chi connectivity index (χ1v) is 7.86. The molecule has 2 amide bonds. The summed E-state index contributed by atoms with van der Waals surface area (Å²) in [5.74, 6) is 0.831. The first-order chi connectivity index (χ1) is 11.7. The molecule has 1 unspecified atom stereocenters. The van der Waals surface area contributed by atoms with E-state index in [1.54, 1.807) is 18.2 Å². The number of urea groups is 1. The van der Waals surface area contributed by atoms with Crippen molar-refractivity contribution in [1.82, 2.24) is 10.2 Å². The number of fused-ring (bicyclic) bond motifs is 2. The quantitative estimate of drug-likeness (QED) is 0.777. The zero-order valence-corrected chi connectivity index (χ0v) is 13.3. The Morgan fingerprint density at radius 1 is 1.38 bits per heavy atom. The lowest BCUT2D eigenvalue weighted by Gasteiger charge is -2.28. The third-order valence-electron chi connectivity index (χ3n) is 4.67. The SMILES string of the molecule is COc1ccc2c(c1)CCC2N(C(N)=O)c1cccc2[nH]ncc12. The molecule has 1 aliphatic carbocycles. The van der Waals surface area contributed by atoms with E-state index in [-0.39, 0.29) is 6.04 Å². The maximum atomic E-state index is 12.3. The number of benzene rings is 2. The number of hydrogen-bond donors (Lipinski definition) is 2. The van der Waals surface area contributed by atoms with Gasteiger partial charge in [-0.1, -0.05) is 12.1 Å². The van der Waals surface area contributed by atoms with Crippen molar-refractivity contribution in [3.63, 3.8) is 0 Å². The molecule has 2 aromatic carbocycles. The fourth-order valence-electron chi connectivity index (χ4n) is 3.57. The highest BCUT2D eigenvalue weighted by atomic mass is 16.5. The Morgan fingerprint density at radius 2 is 2.25 bits per heavy atom. The van der Waals surface area contributed by atoms with Gasteiger partial charge < -0.3 is 10.5 Å². The number of hydrogen-bond acceptors (Lipinski definition) is 3. The lowest BCUT2D eigenvalue weighted by atomic mass is 10.1. The van der Waals surface area contributed by atoms with Crippen LogP contribution < -0.4 is 15.4 Å². The number of aryl methyl sites for hydroxylation is 1. The molecule has 0 radical (unpaired) electrons. The van der Waals surface area contributed by atoms with Gasteiger partial charge in [0.15, 0.2) is 0 Å². The summed E-state index contributed by atoms with van der Waals surface area (Å²) in [5.41, 5.74) is 9.73. The van der Waals surface area contributed by atoms with Gasteiger partial charge in [-0.25, -0.2) is 4.79 Å². The second-order valence-electron chi connectivity index (χ2n) is 5.94. The molecule has 122 valence electrons. The van der Waals surface area contributed by atoms with Gasteiger partial charge >= 0.3 is 6.03 Å². The minimum atomic E-state index is -0.461. The maximum absolute atomic E-state index is 12.3. The number of aromatic nitrogens is 2. The van der Waals surface area contributed by atoms with Gasteiger partial charge in [-0.05, 0) is 48.2 Å². The van der Waals surface area contributed by atoms with E-state index in [1.807, 2.05) is 36.4 Å². The molecule has 0 saturated heterocycles. The summed E-state index contributed by atoms with van der Waals surface area (Å²) in [7, 11) is 1.66. The molecule has 4 rings (SSSR count). The van der Waals surface area contributed by atoms with Gasteiger partial charge in [0.25, 0.3) is 0 Å². The second kappa shape index (κ2) is 5.56. The predicted molar refractivity (Wildman–Crippen MR) is 92.2 cm³/mol. The van der Waals surface area contributed by atoms with Crippen LogP contribution in [-0.2, 0) is 6.42 Å². The van der Waals surface area contributed by atoms with E-state index in [1.165, 1.54) is 5.56 Å². The number of nitrogens with one attached hydrogen (secondary N) is 1. The van der Waals surface area contributed by atoms with Crippen LogP contribution in [0.3, 0.4) is 0 Å². The first kappa shape index (κ1) is 14.6. The van der Waals surface area contributed by atoms with Crippen molar-refractivity contribution in [2.75, 3.05) is 12.0 Å². The van der Waals surface area contributed by atoms with Crippen LogP contribution in [0.4, 0.5) is 10.5 Å². The number of ether oxygens (including phenoxy) is 1. The van der Waals surface area contributed by atoms with Crippen LogP contribution in [0.15, 0.2) is 42.6 Å². The number of primary amides is 1. The van der Waals surface area contributed by atoms with E-state index >= 15 is 0 Å². The normalized spacial score (nSPS) is 16.1. The van der Waals surface area contributed by atoms with Crippen molar-refractivity contribution >= 4 is 22.6 Å². The summed E-state index contributed by atoms with van der Waals surface area (Å²) < 4.78 is 5.30. The lowest BCUT2D eigenvalue weighted by Crippen LogP contribution is -2.38. The van der Waals surface area contributed by atoms with Gasteiger partial charge in [0.2, 0.25) is 0 Å². The molecule has 6 nitrogen and oxygen atoms in total. The molecule has 0 spiro atoms. The van der Waals surface area contributed by atoms with Crippen molar-refractivity contribution in [3.8, 4) is 5.75 Å². The van der Waals surface area contributed by atoms with E-state index in [2.05, 4.69) is 10.2 Å². The summed E-state index contributed by atoms with van der Waals surface area (Å²) in [6.45, 7) is 0. The molecule has 1 heterocycles. The number of rotatable bonds is 3. The highest BCUT2D eigenvalue weighted by Crippen LogP contribution is 2.41. The van der Waals surface area contributed by atoms with Crippen LogP contribution in [-0.4, -0.2) is 23.3 Å². The van der Waals surface area contributed by atoms with Crippen LogP contribution >= 0.6 is 0 Å². The standard InChI is InChI=1S/C18H18N4O2/c1-24-12-6-7-13-11(9-12)5-8-17(13)22(18(19)23)16-4-2-3-15-14(16)10-20-21-15/h2-4,6-7,9-10,17H,5,8H2,1H3,(H2,19,23)(H,20,21). The van der Waals surface area contributed by atoms with E-state index in [0.717, 1.165) is 40.7 Å². The summed E-state index contributed by atoms with van der Waals surface area (Å²) >= 11 is 0. The van der Waals surface area contributed by atoms with E-state index < -0.39 is 6.03 Å². The van der Waals surface area contributed by atoms with E-state index in [4.69, 9.17) is 10.5 Å². The van der Waals surface area contributed by atoms with Crippen LogP contribution in [0.5, 0.6) is 5.75 Å². The first-order valence-electron chi connectivity index (χ1n) is 7.86. The molecule has 0 aliphatic heterocycles. The molecule has 0 bridgehead atoms. The average Bonchev–Trinajstić information content (AvgIpc) is 3.22. The van der Waals surface area contributed by atoms with Crippen LogP contribution in [0.2, 0.25) is 0 Å². The average molecular weight is 322 g/mol. The van der Waals surface area contributed by atoms with Crippen molar-refractivity contribution in [1.29, 1.82) is 0 Å². The number of carbonyl (C=O) groups excluding carboxylic acids is 1. The Hall–Kier alpha value is -3.02. The number of carbonyl (C=O) groups is 1. The number of H-pyrrole nitrogens is 1. The number of amides is 2. The van der Waals surface area contributed by atoms with Gasteiger partial charge in [0.05, 0.1) is 30.6 Å². The zero-order chi connectivity index (χ0) is 16.7. The molecule has 0 fully saturated rings. The Labute approximate surface area is 139 Å². The molecular weight excluding hydrogens is 304 g/mol. The van der Waals surface area contributed by atoms with Gasteiger partial charge in [-0.3, -0.25) is 10.00 Å². The largest absolute Gasteiger partial charge is 0.497 e. The van der Waals surface area contributed by atoms with E-state index in [0.29, 0.717) is 0 Å². The molecule has 24 heavy (non-hydrogen) atoms. The third-order valence-corrected chi connectivity index (χ3v) is 4.67. The molecule has 1 atom stereocenters. The minimum Gasteiger partial charge on any atom is -0.497 e. The van der Waals surface area contributed by atoms with Gasteiger partial charge in [-0.2, -0.15) is 5.10 Å². The lowest BCUT2D eigenvalue weighted by molar-refractivity contribution is 0.251. The third kappa shape index (κ3) is 2.19. The fourth-order valence-corrected chi connectivity index (χ4v) is 3.57. The number of methoxy groups -OCH3 is 1. The Bertz CT molecular complexity index is 918. The van der Waals surface area contributed by atoms with Gasteiger partial charge in [0, 0.05) is 5.39 Å². The van der Waals surface area contributed by atoms with Crippen LogP contribution in [0, 0.1) is 0 Å². The molecule has 3 aromatic rings. The fraction of sp³-hybridized carbons (Fsp3) is 0.222. The summed E-state index contributed by atoms with van der Waals surface area (Å²) in [5, 5.41) is 7.90. The number of anilines is 1. The smallest absolute Gasteiger partial charge is 0.319 e. The highest BCUT2D eigenvalue weighted by Gasteiger charge is 2.32. The molecule has 3 N–H and O–H groups in total. The number of aromatic amines is 1. The number of nitrogens with zero attached hydrogens (tertiary/aromatic N) is 2. The molecule has 1 aliphatic rings. The Kier molecular flexibility index (Phi) is 3.37. The van der Waals surface area contributed by atoms with Crippen LogP contribution in [0.25, 0.3) is 10.9 Å². The van der Waals surface area contributed by atoms with Crippen molar-refractivity contribution in [2.45, 2.75) is 18.9 Å². The maximum Gasteiger partial charge on any atom is 0.319 e. The predicted octanol–water partition coefficient (Wildman–Crippen LogP) is 3.14. The highest BCUT2D eigenvalue weighted by molar-refractivity contribution is 6.02. The zero-order valence-electron chi connectivity index (χ0n) is 13.3. The van der Waals surface area contributed by atoms with Crippen molar-refractivity contribution < 1.29 is 9.53 Å². The van der Waals surface area contributed by atoms with E-state index in [9.17, 15) is 4.79 Å². The summed E-state index contributed by atoms with van der Waals surface area (Å²) in [6.07, 6.45) is 3.45. The van der Waals surface area contributed by atoms with Crippen molar-refractivity contribution in [3.05, 3.63) is 53.7 Å². The monoisotopic (exact) mass is 322 g/mol. The summed E-state index contributed by atoms with van der Waals surface area (Å²) in [6, 6.07) is 11.2. The Balaban J connectivity index is 1.82. The Morgan fingerprint density at radius 3 is 3.04 bits per heavy atom. The molecular formula is C18H18N4O2. The molecule has 1 aromatic heterocycles. The molecule has 6 heteroatoms. The topological polar surface area (TPSA) is 84.2 Å². The van der Waals surface area contributed by atoms with Gasteiger partial charge in [-0.15, -0.1) is 0 Å². The number of nitrogens with two attached hydrogens (primary N) is 1. The summed E-state index contributed by atoms with van der Waals surface area (Å²) in [4.78, 5) is 14.0.